The van der Waals surface area contributed by atoms with Gasteiger partial charge in [-0.1, -0.05) is 30.2 Å². The molecule has 1 aromatic rings. The van der Waals surface area contributed by atoms with Crippen LogP contribution in [0.5, 0.6) is 0 Å². The van der Waals surface area contributed by atoms with Crippen molar-refractivity contribution >= 4 is 23.4 Å². The Morgan fingerprint density at radius 3 is 2.38 bits per heavy atom. The van der Waals surface area contributed by atoms with Crippen molar-refractivity contribution in [1.29, 1.82) is 0 Å². The SMILES string of the molecule is COC(=O)C(C(=O)C1CCCC(C(F)(F)F)C1)c1ccc(Cl)cc1. The molecule has 2 rings (SSSR count). The van der Waals surface area contributed by atoms with Gasteiger partial charge >= 0.3 is 12.1 Å². The monoisotopic (exact) mass is 362 g/mol. The van der Waals surface area contributed by atoms with Gasteiger partial charge in [0, 0.05) is 10.9 Å². The van der Waals surface area contributed by atoms with Crippen molar-refractivity contribution in [3.63, 3.8) is 0 Å². The Bertz CT molecular complexity index is 598. The van der Waals surface area contributed by atoms with Crippen LogP contribution in [0.3, 0.4) is 0 Å². The van der Waals surface area contributed by atoms with Gasteiger partial charge in [0.2, 0.25) is 0 Å². The van der Waals surface area contributed by atoms with Crippen molar-refractivity contribution in [2.75, 3.05) is 7.11 Å². The van der Waals surface area contributed by atoms with Crippen LogP contribution >= 0.6 is 11.6 Å². The molecule has 1 aromatic carbocycles. The summed E-state index contributed by atoms with van der Waals surface area (Å²) in [6.45, 7) is 0. The van der Waals surface area contributed by atoms with Crippen LogP contribution in [0.4, 0.5) is 13.2 Å². The first kappa shape index (κ1) is 18.8. The van der Waals surface area contributed by atoms with Crippen molar-refractivity contribution in [2.24, 2.45) is 11.8 Å². The lowest BCUT2D eigenvalue weighted by molar-refractivity contribution is -0.186. The van der Waals surface area contributed by atoms with E-state index in [1.807, 2.05) is 0 Å². The molecule has 1 saturated carbocycles. The number of ether oxygens (including phenoxy) is 1. The van der Waals surface area contributed by atoms with Gasteiger partial charge in [0.15, 0.2) is 5.78 Å². The Hall–Kier alpha value is -1.56. The van der Waals surface area contributed by atoms with Crippen LogP contribution < -0.4 is 0 Å². The highest BCUT2D eigenvalue weighted by Crippen LogP contribution is 2.41. The maximum atomic E-state index is 13.0. The minimum atomic E-state index is -4.32. The third-order valence-electron chi connectivity index (χ3n) is 4.46. The van der Waals surface area contributed by atoms with Gasteiger partial charge in [-0.15, -0.1) is 0 Å². The zero-order valence-electron chi connectivity index (χ0n) is 13.1. The minimum Gasteiger partial charge on any atom is -0.468 e. The van der Waals surface area contributed by atoms with Crippen LogP contribution in [-0.4, -0.2) is 25.0 Å². The molecule has 3 nitrogen and oxygen atoms in total. The molecule has 3 atom stereocenters. The first-order chi connectivity index (χ1) is 11.2. The lowest BCUT2D eigenvalue weighted by Gasteiger charge is -2.31. The van der Waals surface area contributed by atoms with Crippen LogP contribution in [0.2, 0.25) is 5.02 Å². The van der Waals surface area contributed by atoms with E-state index in [1.165, 1.54) is 24.3 Å². The van der Waals surface area contributed by atoms with Crippen molar-refractivity contribution in [2.45, 2.75) is 37.8 Å². The molecule has 7 heteroatoms. The molecule has 0 aromatic heterocycles. The van der Waals surface area contributed by atoms with E-state index in [4.69, 9.17) is 11.6 Å². The summed E-state index contributed by atoms with van der Waals surface area (Å²) < 4.78 is 43.5. The third-order valence-corrected chi connectivity index (χ3v) is 4.72. The summed E-state index contributed by atoms with van der Waals surface area (Å²) in [7, 11) is 1.15. The molecule has 0 aliphatic heterocycles. The Kier molecular flexibility index (Phi) is 5.91. The number of Topliss-reactive ketones (excluding diaryl/α,β-unsaturated/α-hetero) is 1. The number of hydrogen-bond acceptors (Lipinski definition) is 3. The predicted molar refractivity (Wildman–Crippen MR) is 82.7 cm³/mol. The van der Waals surface area contributed by atoms with E-state index in [2.05, 4.69) is 4.74 Å². The van der Waals surface area contributed by atoms with E-state index >= 15 is 0 Å². The maximum Gasteiger partial charge on any atom is 0.391 e. The molecule has 1 fully saturated rings. The van der Waals surface area contributed by atoms with E-state index in [9.17, 15) is 22.8 Å². The summed E-state index contributed by atoms with van der Waals surface area (Å²) in [6, 6.07) is 6.09. The molecule has 0 spiro atoms. The Morgan fingerprint density at radius 2 is 1.83 bits per heavy atom. The van der Waals surface area contributed by atoms with E-state index in [0.717, 1.165) is 7.11 Å². The molecular weight excluding hydrogens is 345 g/mol. The Labute approximate surface area is 143 Å². The number of rotatable bonds is 4. The zero-order chi connectivity index (χ0) is 17.9. The summed E-state index contributed by atoms with van der Waals surface area (Å²) in [5, 5.41) is 0.435. The molecule has 0 heterocycles. The standard InChI is InChI=1S/C17H18ClF3O3/c1-24-16(23)14(10-5-7-13(18)8-6-10)15(22)11-3-2-4-12(9-11)17(19,20)21/h5-8,11-12,14H,2-4,9H2,1H3. The number of methoxy groups -OCH3 is 1. The fraction of sp³-hybridized carbons (Fsp3) is 0.529. The van der Waals surface area contributed by atoms with Gasteiger partial charge in [0.25, 0.3) is 0 Å². The van der Waals surface area contributed by atoms with Gasteiger partial charge < -0.3 is 4.74 Å². The molecule has 1 aliphatic carbocycles. The molecule has 24 heavy (non-hydrogen) atoms. The fourth-order valence-electron chi connectivity index (χ4n) is 3.17. The van der Waals surface area contributed by atoms with Crippen LogP contribution in [-0.2, 0) is 14.3 Å². The van der Waals surface area contributed by atoms with Gasteiger partial charge in [-0.05, 0) is 37.0 Å². The van der Waals surface area contributed by atoms with Gasteiger partial charge in [-0.2, -0.15) is 13.2 Å². The van der Waals surface area contributed by atoms with Gasteiger partial charge in [0.1, 0.15) is 5.92 Å². The molecule has 3 unspecified atom stereocenters. The fourth-order valence-corrected chi connectivity index (χ4v) is 3.30. The van der Waals surface area contributed by atoms with Crippen LogP contribution in [0, 0.1) is 11.8 Å². The average Bonchev–Trinajstić information content (AvgIpc) is 2.55. The second-order valence-electron chi connectivity index (χ2n) is 6.01. The number of alkyl halides is 3. The average molecular weight is 363 g/mol. The Morgan fingerprint density at radius 1 is 1.21 bits per heavy atom. The zero-order valence-corrected chi connectivity index (χ0v) is 13.9. The number of hydrogen-bond donors (Lipinski definition) is 0. The maximum absolute atomic E-state index is 13.0. The molecule has 0 saturated heterocycles. The van der Waals surface area contributed by atoms with Crippen molar-refractivity contribution in [3.8, 4) is 0 Å². The van der Waals surface area contributed by atoms with Crippen LogP contribution in [0.1, 0.15) is 37.2 Å². The smallest absolute Gasteiger partial charge is 0.391 e. The first-order valence-corrected chi connectivity index (χ1v) is 8.05. The van der Waals surface area contributed by atoms with Gasteiger partial charge in [0.05, 0.1) is 13.0 Å². The number of carbonyl (C=O) groups is 2. The predicted octanol–water partition coefficient (Wildman–Crippen LogP) is 4.53. The molecule has 132 valence electrons. The summed E-state index contributed by atoms with van der Waals surface area (Å²) in [5.41, 5.74) is 0.380. The van der Waals surface area contributed by atoms with Crippen molar-refractivity contribution < 1.29 is 27.5 Å². The van der Waals surface area contributed by atoms with Crippen LogP contribution in [0.15, 0.2) is 24.3 Å². The molecule has 0 N–H and O–H groups in total. The number of ketones is 1. The second kappa shape index (κ2) is 7.55. The first-order valence-electron chi connectivity index (χ1n) is 7.67. The number of esters is 1. The highest BCUT2D eigenvalue weighted by Gasteiger charge is 2.45. The van der Waals surface area contributed by atoms with Crippen molar-refractivity contribution in [1.82, 2.24) is 0 Å². The van der Waals surface area contributed by atoms with Crippen molar-refractivity contribution in [3.05, 3.63) is 34.9 Å². The quantitative estimate of drug-likeness (QED) is 0.583. The number of halogens is 4. The lowest BCUT2D eigenvalue weighted by Crippen LogP contribution is -2.35. The molecular formula is C17H18ClF3O3. The van der Waals surface area contributed by atoms with Gasteiger partial charge in [-0.3, -0.25) is 9.59 Å². The summed E-state index contributed by atoms with van der Waals surface area (Å²) in [5.74, 6) is -4.80. The van der Waals surface area contributed by atoms with E-state index in [1.54, 1.807) is 0 Å². The largest absolute Gasteiger partial charge is 0.468 e. The third kappa shape index (κ3) is 4.29. The molecule has 1 aliphatic rings. The highest BCUT2D eigenvalue weighted by atomic mass is 35.5. The normalized spacial score (nSPS) is 22.7. The molecule has 0 amide bonds. The summed E-state index contributed by atoms with van der Waals surface area (Å²) in [6.07, 6.45) is -3.90. The number of benzene rings is 1. The van der Waals surface area contributed by atoms with E-state index in [-0.39, 0.29) is 12.8 Å². The summed E-state index contributed by atoms with van der Waals surface area (Å²) in [4.78, 5) is 24.8. The van der Waals surface area contributed by atoms with Crippen LogP contribution in [0.25, 0.3) is 0 Å². The second-order valence-corrected chi connectivity index (χ2v) is 6.45. The topological polar surface area (TPSA) is 43.4 Å². The minimum absolute atomic E-state index is 0.0249. The summed E-state index contributed by atoms with van der Waals surface area (Å²) >= 11 is 5.80. The molecule has 0 radical (unpaired) electrons. The van der Waals surface area contributed by atoms with Gasteiger partial charge in [-0.25, -0.2) is 0 Å². The highest BCUT2D eigenvalue weighted by molar-refractivity contribution is 6.30. The molecule has 0 bridgehead atoms. The number of carbonyl (C=O) groups excluding carboxylic acids is 2. The Balaban J connectivity index is 2.24. The van der Waals surface area contributed by atoms with E-state index < -0.39 is 35.7 Å². The lowest BCUT2D eigenvalue weighted by atomic mass is 9.75. The van der Waals surface area contributed by atoms with E-state index in [0.29, 0.717) is 23.4 Å².